The Bertz CT molecular complexity index is 731. The average Bonchev–Trinajstić information content (AvgIpc) is 2.61. The van der Waals surface area contributed by atoms with Crippen LogP contribution in [0.15, 0.2) is 29.3 Å². The van der Waals surface area contributed by atoms with E-state index in [1.807, 2.05) is 0 Å². The van der Waals surface area contributed by atoms with Crippen molar-refractivity contribution in [1.29, 1.82) is 0 Å². The molecule has 0 aliphatic carbocycles. The van der Waals surface area contributed by atoms with Crippen molar-refractivity contribution in [2.45, 2.75) is 19.3 Å². The van der Waals surface area contributed by atoms with Crippen LogP contribution >= 0.6 is 11.6 Å². The Morgan fingerprint density at radius 2 is 2.00 bits per heavy atom. The van der Waals surface area contributed by atoms with Crippen molar-refractivity contribution < 1.29 is 19.3 Å². The van der Waals surface area contributed by atoms with E-state index in [4.69, 9.17) is 11.6 Å². The lowest BCUT2D eigenvalue weighted by Crippen LogP contribution is -3.13. The lowest BCUT2D eigenvalue weighted by Gasteiger charge is -2.28. The van der Waals surface area contributed by atoms with E-state index in [2.05, 4.69) is 10.3 Å². The number of halogens is 1. The first-order valence-electron chi connectivity index (χ1n) is 8.84. The Morgan fingerprint density at radius 1 is 1.23 bits per heavy atom. The molecule has 2 saturated heterocycles. The van der Waals surface area contributed by atoms with E-state index in [1.165, 1.54) is 36.4 Å². The van der Waals surface area contributed by atoms with Crippen molar-refractivity contribution in [2.24, 2.45) is 10.9 Å². The molecular weight excluding hydrogens is 356 g/mol. The first kappa shape index (κ1) is 18.5. The molecule has 1 atom stereocenters. The van der Waals surface area contributed by atoms with Gasteiger partial charge in [-0.2, -0.15) is 0 Å². The molecule has 0 aromatic heterocycles. The summed E-state index contributed by atoms with van der Waals surface area (Å²) in [5, 5.41) is 2.60. The number of nitrogens with one attached hydrogen (secondary N) is 2. The number of aliphatic imine (C=N–C) groups is 1. The number of carbonyl (C=O) groups is 3. The van der Waals surface area contributed by atoms with Crippen LogP contribution in [0.4, 0.5) is 10.5 Å². The Hall–Kier alpha value is -2.25. The van der Waals surface area contributed by atoms with E-state index < -0.39 is 23.8 Å². The van der Waals surface area contributed by atoms with Crippen molar-refractivity contribution in [3.8, 4) is 0 Å². The number of piperidine rings is 1. The van der Waals surface area contributed by atoms with E-state index >= 15 is 0 Å². The number of urea groups is 1. The summed E-state index contributed by atoms with van der Waals surface area (Å²) in [5.74, 6) is -2.37. The molecule has 2 fully saturated rings. The summed E-state index contributed by atoms with van der Waals surface area (Å²) in [4.78, 5) is 43.5. The molecule has 0 radical (unpaired) electrons. The van der Waals surface area contributed by atoms with Gasteiger partial charge in [-0.15, -0.1) is 0 Å². The molecule has 1 aromatic carbocycles. The first-order valence-corrected chi connectivity index (χ1v) is 9.22. The van der Waals surface area contributed by atoms with Gasteiger partial charge in [-0.1, -0.05) is 17.7 Å². The fourth-order valence-electron chi connectivity index (χ4n) is 3.29. The zero-order valence-corrected chi connectivity index (χ0v) is 15.2. The van der Waals surface area contributed by atoms with Crippen LogP contribution in [0.1, 0.15) is 19.3 Å². The number of likely N-dealkylation sites (tertiary alicyclic amines) is 1. The molecule has 138 valence electrons. The molecule has 0 saturated carbocycles. The van der Waals surface area contributed by atoms with Crippen LogP contribution in [0.25, 0.3) is 0 Å². The van der Waals surface area contributed by atoms with Crippen molar-refractivity contribution >= 4 is 41.3 Å². The SMILES string of the molecule is O=C1NC(=O)N(c2cccc(Cl)c2)C(=O)[C@H]1C=NCC[NH+]1CCCCC1. The number of barbiturate groups is 1. The summed E-state index contributed by atoms with van der Waals surface area (Å²) < 4.78 is 0. The van der Waals surface area contributed by atoms with Crippen LogP contribution in [-0.4, -0.2) is 50.2 Å². The number of amides is 4. The molecule has 2 heterocycles. The van der Waals surface area contributed by atoms with E-state index in [-0.39, 0.29) is 0 Å². The quantitative estimate of drug-likeness (QED) is 0.584. The predicted molar refractivity (Wildman–Crippen MR) is 98.7 cm³/mol. The molecule has 0 bridgehead atoms. The van der Waals surface area contributed by atoms with Crippen LogP contribution in [0.5, 0.6) is 0 Å². The summed E-state index contributed by atoms with van der Waals surface area (Å²) in [5.41, 5.74) is 0.323. The minimum Gasteiger partial charge on any atom is -0.333 e. The first-order chi connectivity index (χ1) is 12.6. The lowest BCUT2D eigenvalue weighted by atomic mass is 10.1. The van der Waals surface area contributed by atoms with Gasteiger partial charge in [-0.3, -0.25) is 19.9 Å². The van der Waals surface area contributed by atoms with Crippen LogP contribution in [0.2, 0.25) is 5.02 Å². The van der Waals surface area contributed by atoms with Crippen molar-refractivity contribution in [2.75, 3.05) is 31.1 Å². The van der Waals surface area contributed by atoms with Gasteiger partial charge < -0.3 is 4.90 Å². The van der Waals surface area contributed by atoms with E-state index in [9.17, 15) is 14.4 Å². The van der Waals surface area contributed by atoms with E-state index in [1.54, 1.807) is 18.2 Å². The molecule has 3 rings (SSSR count). The fourth-order valence-corrected chi connectivity index (χ4v) is 3.47. The molecule has 0 spiro atoms. The average molecular weight is 378 g/mol. The van der Waals surface area contributed by atoms with E-state index in [0.29, 0.717) is 17.3 Å². The van der Waals surface area contributed by atoms with Crippen molar-refractivity contribution in [3.63, 3.8) is 0 Å². The molecule has 4 amide bonds. The lowest BCUT2D eigenvalue weighted by molar-refractivity contribution is -0.903. The smallest absolute Gasteiger partial charge is 0.333 e. The molecule has 7 nitrogen and oxygen atoms in total. The van der Waals surface area contributed by atoms with Crippen molar-refractivity contribution in [3.05, 3.63) is 29.3 Å². The Morgan fingerprint density at radius 3 is 2.73 bits per heavy atom. The highest BCUT2D eigenvalue weighted by Gasteiger charge is 2.40. The van der Waals surface area contributed by atoms with Crippen LogP contribution in [-0.2, 0) is 9.59 Å². The van der Waals surface area contributed by atoms with Gasteiger partial charge in [0.2, 0.25) is 5.91 Å². The van der Waals surface area contributed by atoms with Gasteiger partial charge in [0.1, 0.15) is 0 Å². The molecule has 1 aromatic rings. The highest BCUT2D eigenvalue weighted by atomic mass is 35.5. The third kappa shape index (κ3) is 4.28. The topological polar surface area (TPSA) is 83.3 Å². The molecule has 2 N–H and O–H groups in total. The van der Waals surface area contributed by atoms with Crippen molar-refractivity contribution in [1.82, 2.24) is 5.32 Å². The minimum absolute atomic E-state index is 0.323. The highest BCUT2D eigenvalue weighted by Crippen LogP contribution is 2.23. The minimum atomic E-state index is -1.11. The maximum Gasteiger partial charge on any atom is 0.335 e. The zero-order valence-electron chi connectivity index (χ0n) is 14.4. The number of quaternary nitrogens is 1. The number of hydrogen-bond donors (Lipinski definition) is 2. The molecule has 0 unspecified atom stereocenters. The number of carbonyl (C=O) groups excluding carboxylic acids is 3. The van der Waals surface area contributed by atoms with Gasteiger partial charge in [0.15, 0.2) is 5.92 Å². The molecule has 26 heavy (non-hydrogen) atoms. The summed E-state index contributed by atoms with van der Waals surface area (Å²) in [6.45, 7) is 3.73. The number of rotatable bonds is 5. The zero-order chi connectivity index (χ0) is 18.5. The summed E-state index contributed by atoms with van der Waals surface area (Å²) in [6, 6.07) is 5.60. The third-order valence-electron chi connectivity index (χ3n) is 4.68. The second kappa shape index (κ2) is 8.42. The Labute approximate surface area is 157 Å². The van der Waals surface area contributed by atoms with Gasteiger partial charge in [0, 0.05) is 11.2 Å². The van der Waals surface area contributed by atoms with Gasteiger partial charge in [0.05, 0.1) is 31.9 Å². The number of hydrogen-bond acceptors (Lipinski definition) is 4. The van der Waals surface area contributed by atoms with Gasteiger partial charge >= 0.3 is 6.03 Å². The normalized spacial score (nSPS) is 22.1. The van der Waals surface area contributed by atoms with Gasteiger partial charge in [0.25, 0.3) is 5.91 Å². The van der Waals surface area contributed by atoms with Crippen LogP contribution in [0, 0.1) is 5.92 Å². The van der Waals surface area contributed by atoms with Crippen LogP contribution in [0.3, 0.4) is 0 Å². The monoisotopic (exact) mass is 377 g/mol. The van der Waals surface area contributed by atoms with Gasteiger partial charge in [-0.25, -0.2) is 9.69 Å². The maximum absolute atomic E-state index is 12.7. The number of imide groups is 2. The molecule has 2 aliphatic heterocycles. The fraction of sp³-hybridized carbons (Fsp3) is 0.444. The number of anilines is 1. The second-order valence-corrected chi connectivity index (χ2v) is 6.98. The summed E-state index contributed by atoms with van der Waals surface area (Å²) in [7, 11) is 0. The maximum atomic E-state index is 12.7. The second-order valence-electron chi connectivity index (χ2n) is 6.54. The van der Waals surface area contributed by atoms with Crippen LogP contribution < -0.4 is 15.1 Å². The molecule has 8 heteroatoms. The summed E-state index contributed by atoms with van der Waals surface area (Å²) in [6.07, 6.45) is 5.11. The standard InChI is InChI=1S/C18H21ClN4O3/c19-13-5-4-6-14(11-13)23-17(25)15(16(24)21-18(23)26)12-20-7-10-22-8-2-1-3-9-22/h4-6,11-12,15H,1-3,7-10H2,(H,21,24,26)/p+1/t15-/m0/s1. The van der Waals surface area contributed by atoms with E-state index in [0.717, 1.165) is 24.5 Å². The largest absolute Gasteiger partial charge is 0.335 e. The number of benzene rings is 1. The van der Waals surface area contributed by atoms with Gasteiger partial charge in [-0.05, 0) is 37.5 Å². The molecule has 2 aliphatic rings. The number of nitrogens with zero attached hydrogens (tertiary/aromatic N) is 2. The molecular formula is C18H22ClN4O3+. The third-order valence-corrected chi connectivity index (χ3v) is 4.91. The highest BCUT2D eigenvalue weighted by molar-refractivity contribution is 6.34. The predicted octanol–water partition coefficient (Wildman–Crippen LogP) is 0.679. The Balaban J connectivity index is 1.66. The summed E-state index contributed by atoms with van der Waals surface area (Å²) >= 11 is 5.94. The Kier molecular flexibility index (Phi) is 6.00.